The highest BCUT2D eigenvalue weighted by molar-refractivity contribution is 9.09. The minimum atomic E-state index is -0.243. The molecule has 1 heterocycles. The molecule has 1 aliphatic rings. The number of morpholine rings is 1. The number of halogens is 3. The minimum Gasteiger partial charge on any atom is -0.374 e. The molecule has 1 aromatic rings. The fourth-order valence-electron chi connectivity index (χ4n) is 2.07. The van der Waals surface area contributed by atoms with Crippen LogP contribution in [-0.4, -0.2) is 35.5 Å². The quantitative estimate of drug-likeness (QED) is 0.784. The monoisotopic (exact) mass is 335 g/mol. The predicted molar refractivity (Wildman–Crippen MR) is 74.8 cm³/mol. The maximum absolute atomic E-state index is 13.2. The van der Waals surface area contributed by atoms with Gasteiger partial charge in [0.1, 0.15) is 5.82 Å². The van der Waals surface area contributed by atoms with Crippen molar-refractivity contribution in [1.82, 2.24) is 4.90 Å². The summed E-state index contributed by atoms with van der Waals surface area (Å²) in [5.74, 6) is -0.243. The first kappa shape index (κ1) is 14.3. The molecule has 18 heavy (non-hydrogen) atoms. The number of alkyl halides is 1. The Hall–Kier alpha value is -0.160. The maximum Gasteiger partial charge on any atom is 0.123 e. The van der Waals surface area contributed by atoms with Gasteiger partial charge in [-0.15, -0.1) is 0 Å². The van der Waals surface area contributed by atoms with Crippen LogP contribution in [0.1, 0.15) is 12.5 Å². The van der Waals surface area contributed by atoms with Crippen LogP contribution in [0, 0.1) is 5.82 Å². The van der Waals surface area contributed by atoms with Gasteiger partial charge < -0.3 is 4.74 Å². The number of ether oxygens (including phenoxy) is 1. The van der Waals surface area contributed by atoms with Gasteiger partial charge in [0.05, 0.1) is 12.7 Å². The summed E-state index contributed by atoms with van der Waals surface area (Å²) in [5, 5.41) is 1.43. The van der Waals surface area contributed by atoms with E-state index in [0.717, 1.165) is 17.4 Å². The molecule has 0 aliphatic carbocycles. The molecule has 0 amide bonds. The van der Waals surface area contributed by atoms with Crippen LogP contribution in [0.3, 0.4) is 0 Å². The summed E-state index contributed by atoms with van der Waals surface area (Å²) in [6.45, 7) is 4.30. The highest BCUT2D eigenvalue weighted by atomic mass is 79.9. The molecule has 0 saturated carbocycles. The molecule has 5 heteroatoms. The third kappa shape index (κ3) is 3.44. The average molecular weight is 337 g/mol. The van der Waals surface area contributed by atoms with Crippen molar-refractivity contribution in [2.75, 3.05) is 18.5 Å². The number of rotatable bonds is 3. The van der Waals surface area contributed by atoms with Gasteiger partial charge in [-0.05, 0) is 30.7 Å². The van der Waals surface area contributed by atoms with E-state index < -0.39 is 0 Å². The van der Waals surface area contributed by atoms with Crippen molar-refractivity contribution < 1.29 is 9.13 Å². The van der Waals surface area contributed by atoms with E-state index in [1.54, 1.807) is 6.07 Å². The van der Waals surface area contributed by atoms with Crippen LogP contribution in [-0.2, 0) is 11.3 Å². The van der Waals surface area contributed by atoms with Crippen LogP contribution in [0.2, 0.25) is 5.02 Å². The van der Waals surface area contributed by atoms with E-state index in [-0.39, 0.29) is 11.9 Å². The van der Waals surface area contributed by atoms with Gasteiger partial charge in [-0.1, -0.05) is 27.5 Å². The summed E-state index contributed by atoms with van der Waals surface area (Å²) in [6.07, 6.45) is 0.188. The Bertz CT molecular complexity index is 418. The van der Waals surface area contributed by atoms with Crippen molar-refractivity contribution in [2.45, 2.75) is 25.6 Å². The van der Waals surface area contributed by atoms with E-state index in [0.29, 0.717) is 24.2 Å². The molecular weight excluding hydrogens is 321 g/mol. The summed E-state index contributed by atoms with van der Waals surface area (Å²) in [6, 6.07) is 4.82. The second kappa shape index (κ2) is 6.33. The third-order valence-electron chi connectivity index (χ3n) is 3.19. The number of hydrogen-bond acceptors (Lipinski definition) is 2. The van der Waals surface area contributed by atoms with E-state index >= 15 is 0 Å². The van der Waals surface area contributed by atoms with E-state index in [2.05, 4.69) is 27.8 Å². The number of nitrogens with zero attached hydrogens (tertiary/aromatic N) is 1. The first-order valence-corrected chi connectivity index (χ1v) is 7.45. The van der Waals surface area contributed by atoms with Crippen LogP contribution < -0.4 is 0 Å². The Balaban J connectivity index is 2.09. The van der Waals surface area contributed by atoms with Crippen molar-refractivity contribution in [3.8, 4) is 0 Å². The fraction of sp³-hybridized carbons (Fsp3) is 0.538. The molecule has 0 bridgehead atoms. The lowest BCUT2D eigenvalue weighted by Gasteiger charge is -2.37. The third-order valence-corrected chi connectivity index (χ3v) is 4.28. The van der Waals surface area contributed by atoms with Crippen molar-refractivity contribution in [3.05, 3.63) is 34.6 Å². The fourth-order valence-corrected chi connectivity index (χ4v) is 2.64. The lowest BCUT2D eigenvalue weighted by molar-refractivity contribution is -0.0499. The number of hydrogen-bond donors (Lipinski definition) is 0. The average Bonchev–Trinajstić information content (AvgIpc) is 2.36. The lowest BCUT2D eigenvalue weighted by Crippen LogP contribution is -2.48. The normalized spacial score (nSPS) is 25.3. The molecule has 0 N–H and O–H groups in total. The summed E-state index contributed by atoms with van der Waals surface area (Å²) in [7, 11) is 0. The summed E-state index contributed by atoms with van der Waals surface area (Å²) in [4.78, 5) is 2.27. The molecule has 1 fully saturated rings. The van der Waals surface area contributed by atoms with Gasteiger partial charge in [0.25, 0.3) is 0 Å². The molecule has 0 radical (unpaired) electrons. The van der Waals surface area contributed by atoms with Crippen LogP contribution in [0.4, 0.5) is 4.39 Å². The molecule has 2 unspecified atom stereocenters. The van der Waals surface area contributed by atoms with Gasteiger partial charge in [-0.3, -0.25) is 4.90 Å². The van der Waals surface area contributed by atoms with Crippen LogP contribution in [0.25, 0.3) is 0 Å². The second-order valence-electron chi connectivity index (χ2n) is 4.62. The molecule has 0 spiro atoms. The van der Waals surface area contributed by atoms with Crippen LogP contribution in [0.5, 0.6) is 0 Å². The van der Waals surface area contributed by atoms with E-state index in [1.807, 2.05) is 0 Å². The lowest BCUT2D eigenvalue weighted by atomic mass is 10.1. The smallest absolute Gasteiger partial charge is 0.123 e. The SMILES string of the molecule is CC1COC(CBr)CN1Cc1cc(F)ccc1Cl. The van der Waals surface area contributed by atoms with Crippen molar-refractivity contribution >= 4 is 27.5 Å². The predicted octanol–water partition coefficient (Wildman–Crippen LogP) is 3.46. The first-order chi connectivity index (χ1) is 8.60. The summed E-state index contributed by atoms with van der Waals surface area (Å²) >= 11 is 9.53. The number of benzene rings is 1. The van der Waals surface area contributed by atoms with Crippen molar-refractivity contribution in [3.63, 3.8) is 0 Å². The zero-order valence-electron chi connectivity index (χ0n) is 10.2. The van der Waals surface area contributed by atoms with Crippen LogP contribution >= 0.6 is 27.5 Å². The molecule has 2 rings (SSSR count). The molecule has 1 aromatic carbocycles. The van der Waals surface area contributed by atoms with E-state index in [4.69, 9.17) is 16.3 Å². The summed E-state index contributed by atoms with van der Waals surface area (Å²) < 4.78 is 18.9. The van der Waals surface area contributed by atoms with Gasteiger partial charge in [0.15, 0.2) is 0 Å². The Morgan fingerprint density at radius 1 is 1.56 bits per heavy atom. The van der Waals surface area contributed by atoms with Gasteiger partial charge in [-0.2, -0.15) is 0 Å². The largest absolute Gasteiger partial charge is 0.374 e. The topological polar surface area (TPSA) is 12.5 Å². The highest BCUT2D eigenvalue weighted by Gasteiger charge is 2.25. The van der Waals surface area contributed by atoms with Gasteiger partial charge in [-0.25, -0.2) is 4.39 Å². The summed E-state index contributed by atoms with van der Waals surface area (Å²) in [5.41, 5.74) is 0.832. The Morgan fingerprint density at radius 3 is 3.06 bits per heavy atom. The Morgan fingerprint density at radius 2 is 2.33 bits per heavy atom. The van der Waals surface area contributed by atoms with Gasteiger partial charge in [0.2, 0.25) is 0 Å². The van der Waals surface area contributed by atoms with Crippen LogP contribution in [0.15, 0.2) is 18.2 Å². The van der Waals surface area contributed by atoms with Gasteiger partial charge >= 0.3 is 0 Å². The first-order valence-electron chi connectivity index (χ1n) is 5.95. The van der Waals surface area contributed by atoms with E-state index in [1.165, 1.54) is 12.1 Å². The Labute approximate surface area is 120 Å². The zero-order chi connectivity index (χ0) is 13.1. The molecular formula is C13H16BrClFNO. The highest BCUT2D eigenvalue weighted by Crippen LogP contribution is 2.22. The molecule has 2 atom stereocenters. The molecule has 2 nitrogen and oxygen atoms in total. The molecule has 0 aromatic heterocycles. The molecule has 100 valence electrons. The Kier molecular flexibility index (Phi) is 5.01. The maximum atomic E-state index is 13.2. The van der Waals surface area contributed by atoms with Gasteiger partial charge in [0, 0.05) is 29.5 Å². The van der Waals surface area contributed by atoms with E-state index in [9.17, 15) is 4.39 Å². The van der Waals surface area contributed by atoms with Crippen molar-refractivity contribution in [1.29, 1.82) is 0 Å². The molecule has 1 saturated heterocycles. The standard InChI is InChI=1S/C13H16BrClFNO/c1-9-8-18-12(5-14)7-17(9)6-10-4-11(16)2-3-13(10)15/h2-4,9,12H,5-8H2,1H3. The zero-order valence-corrected chi connectivity index (χ0v) is 12.5. The van der Waals surface area contributed by atoms with Crippen molar-refractivity contribution in [2.24, 2.45) is 0 Å². The molecule has 1 aliphatic heterocycles. The second-order valence-corrected chi connectivity index (χ2v) is 5.68. The minimum absolute atomic E-state index is 0.188.